The highest BCUT2D eigenvalue weighted by Gasteiger charge is 2.10. The van der Waals surface area contributed by atoms with Crippen LogP contribution >= 0.6 is 0 Å². The molecule has 0 aliphatic rings. The predicted octanol–water partition coefficient (Wildman–Crippen LogP) is 1.80. The van der Waals surface area contributed by atoms with Gasteiger partial charge in [-0.05, 0) is 25.1 Å². The highest BCUT2D eigenvalue weighted by atomic mass is 19.1. The predicted molar refractivity (Wildman–Crippen MR) is 55.8 cm³/mol. The molecule has 1 heterocycles. The van der Waals surface area contributed by atoms with Gasteiger partial charge in [0.1, 0.15) is 17.6 Å². The van der Waals surface area contributed by atoms with Crippen LogP contribution in [0.3, 0.4) is 0 Å². The first-order valence-electron chi connectivity index (χ1n) is 4.70. The average molecular weight is 216 g/mol. The molecule has 0 atom stereocenters. The van der Waals surface area contributed by atoms with Crippen molar-refractivity contribution >= 4 is 0 Å². The number of benzene rings is 1. The van der Waals surface area contributed by atoms with Gasteiger partial charge in [-0.2, -0.15) is 5.26 Å². The molecule has 0 radical (unpaired) electrons. The minimum absolute atomic E-state index is 0.0163. The lowest BCUT2D eigenvalue weighted by molar-refractivity contribution is 0.624. The molecule has 5 heteroatoms. The molecule has 0 unspecified atom stereocenters. The first-order chi connectivity index (χ1) is 7.63. The summed E-state index contributed by atoms with van der Waals surface area (Å²) in [6.07, 6.45) is 0. The Bertz CT molecular complexity index is 580. The quantitative estimate of drug-likeness (QED) is 0.730. The number of rotatable bonds is 1. The standard InChI is InChI=1S/C11H9FN4/c1-7-11(14-15-16(7)2)8-3-4-10(12)9(5-8)6-13/h3-5H,1-2H3. The molecule has 0 fully saturated rings. The van der Waals surface area contributed by atoms with E-state index in [1.54, 1.807) is 23.9 Å². The molecule has 2 rings (SSSR count). The van der Waals surface area contributed by atoms with E-state index >= 15 is 0 Å². The third-order valence-corrected chi connectivity index (χ3v) is 2.47. The lowest BCUT2D eigenvalue weighted by atomic mass is 10.1. The molecular formula is C11H9FN4. The van der Waals surface area contributed by atoms with Gasteiger partial charge in [-0.15, -0.1) is 5.10 Å². The lowest BCUT2D eigenvalue weighted by Gasteiger charge is -2.00. The van der Waals surface area contributed by atoms with Crippen LogP contribution in [0.15, 0.2) is 18.2 Å². The Labute approximate surface area is 91.9 Å². The molecule has 0 spiro atoms. The third kappa shape index (κ3) is 1.54. The highest BCUT2D eigenvalue weighted by Crippen LogP contribution is 2.22. The van der Waals surface area contributed by atoms with Crippen LogP contribution in [0.2, 0.25) is 0 Å². The Hall–Kier alpha value is -2.22. The number of hydrogen-bond donors (Lipinski definition) is 0. The average Bonchev–Trinajstić information content (AvgIpc) is 2.61. The summed E-state index contributed by atoms with van der Waals surface area (Å²) in [5.41, 5.74) is 2.25. The Kier molecular flexibility index (Phi) is 2.41. The van der Waals surface area contributed by atoms with Crippen LogP contribution < -0.4 is 0 Å². The first-order valence-corrected chi connectivity index (χ1v) is 4.70. The minimum atomic E-state index is -0.521. The zero-order valence-corrected chi connectivity index (χ0v) is 8.90. The second-order valence-corrected chi connectivity index (χ2v) is 3.45. The van der Waals surface area contributed by atoms with Crippen LogP contribution in [0.5, 0.6) is 0 Å². The molecule has 0 amide bonds. The molecule has 0 aliphatic heterocycles. The van der Waals surface area contributed by atoms with Gasteiger partial charge >= 0.3 is 0 Å². The molecule has 2 aromatic rings. The van der Waals surface area contributed by atoms with Gasteiger partial charge in [0, 0.05) is 12.6 Å². The van der Waals surface area contributed by atoms with E-state index in [-0.39, 0.29) is 5.56 Å². The summed E-state index contributed by atoms with van der Waals surface area (Å²) < 4.78 is 14.8. The van der Waals surface area contributed by atoms with Gasteiger partial charge in [-0.3, -0.25) is 4.68 Å². The minimum Gasteiger partial charge on any atom is -0.252 e. The van der Waals surface area contributed by atoms with E-state index < -0.39 is 5.82 Å². The van der Waals surface area contributed by atoms with Gasteiger partial charge < -0.3 is 0 Å². The van der Waals surface area contributed by atoms with Crippen molar-refractivity contribution in [3.8, 4) is 17.3 Å². The van der Waals surface area contributed by atoms with Crippen LogP contribution in [0.1, 0.15) is 11.3 Å². The molecular weight excluding hydrogens is 207 g/mol. The molecule has 4 nitrogen and oxygen atoms in total. The zero-order chi connectivity index (χ0) is 11.7. The fourth-order valence-corrected chi connectivity index (χ4v) is 1.43. The molecule has 1 aromatic heterocycles. The second kappa shape index (κ2) is 3.74. The van der Waals surface area contributed by atoms with E-state index in [9.17, 15) is 4.39 Å². The monoisotopic (exact) mass is 216 g/mol. The Morgan fingerprint density at radius 2 is 2.19 bits per heavy atom. The van der Waals surface area contributed by atoms with Crippen molar-refractivity contribution in [1.29, 1.82) is 5.26 Å². The fourth-order valence-electron chi connectivity index (χ4n) is 1.43. The second-order valence-electron chi connectivity index (χ2n) is 3.45. The van der Waals surface area contributed by atoms with Crippen LogP contribution in [-0.4, -0.2) is 15.0 Å². The number of nitriles is 1. The van der Waals surface area contributed by atoms with E-state index in [2.05, 4.69) is 10.3 Å². The van der Waals surface area contributed by atoms with Gasteiger partial charge in [0.15, 0.2) is 0 Å². The highest BCUT2D eigenvalue weighted by molar-refractivity contribution is 5.63. The fraction of sp³-hybridized carbons (Fsp3) is 0.182. The molecule has 0 bridgehead atoms. The van der Waals surface area contributed by atoms with Crippen LogP contribution in [0, 0.1) is 24.1 Å². The summed E-state index contributed by atoms with van der Waals surface area (Å²) in [5, 5.41) is 16.6. The summed E-state index contributed by atoms with van der Waals surface area (Å²) in [5.74, 6) is -0.521. The van der Waals surface area contributed by atoms with E-state index in [4.69, 9.17) is 5.26 Å². The molecule has 0 saturated heterocycles. The van der Waals surface area contributed by atoms with E-state index in [1.807, 2.05) is 6.92 Å². The Morgan fingerprint density at radius 3 is 2.75 bits per heavy atom. The maximum atomic E-state index is 13.1. The summed E-state index contributed by atoms with van der Waals surface area (Å²) in [7, 11) is 1.78. The summed E-state index contributed by atoms with van der Waals surface area (Å²) in [4.78, 5) is 0. The Balaban J connectivity index is 2.58. The Morgan fingerprint density at radius 1 is 1.44 bits per heavy atom. The maximum Gasteiger partial charge on any atom is 0.140 e. The van der Waals surface area contributed by atoms with Crippen molar-refractivity contribution in [2.45, 2.75) is 6.92 Å². The molecule has 0 N–H and O–H groups in total. The molecule has 80 valence electrons. The summed E-state index contributed by atoms with van der Waals surface area (Å²) in [6, 6.07) is 6.14. The van der Waals surface area contributed by atoms with Gasteiger partial charge in [0.25, 0.3) is 0 Å². The maximum absolute atomic E-state index is 13.1. The number of nitrogens with zero attached hydrogens (tertiary/aromatic N) is 4. The van der Waals surface area contributed by atoms with E-state index in [1.165, 1.54) is 12.1 Å². The normalized spacial score (nSPS) is 10.1. The smallest absolute Gasteiger partial charge is 0.140 e. The third-order valence-electron chi connectivity index (χ3n) is 2.47. The topological polar surface area (TPSA) is 54.5 Å². The molecule has 0 aliphatic carbocycles. The van der Waals surface area contributed by atoms with Gasteiger partial charge in [-0.25, -0.2) is 4.39 Å². The van der Waals surface area contributed by atoms with Crippen LogP contribution in [0.4, 0.5) is 4.39 Å². The number of aryl methyl sites for hydroxylation is 1. The number of hydrogen-bond acceptors (Lipinski definition) is 3. The van der Waals surface area contributed by atoms with Crippen LogP contribution in [-0.2, 0) is 7.05 Å². The van der Waals surface area contributed by atoms with Crippen molar-refractivity contribution in [2.24, 2.45) is 7.05 Å². The van der Waals surface area contributed by atoms with Crippen molar-refractivity contribution in [2.75, 3.05) is 0 Å². The zero-order valence-electron chi connectivity index (χ0n) is 8.90. The summed E-state index contributed by atoms with van der Waals surface area (Å²) in [6.45, 7) is 1.87. The van der Waals surface area contributed by atoms with E-state index in [0.29, 0.717) is 11.3 Å². The van der Waals surface area contributed by atoms with Gasteiger partial charge in [0.2, 0.25) is 0 Å². The largest absolute Gasteiger partial charge is 0.252 e. The summed E-state index contributed by atoms with van der Waals surface area (Å²) >= 11 is 0. The van der Waals surface area contributed by atoms with Crippen LogP contribution in [0.25, 0.3) is 11.3 Å². The van der Waals surface area contributed by atoms with E-state index in [0.717, 1.165) is 5.69 Å². The van der Waals surface area contributed by atoms with Crippen molar-refractivity contribution in [1.82, 2.24) is 15.0 Å². The van der Waals surface area contributed by atoms with Gasteiger partial charge in [0.05, 0.1) is 11.3 Å². The van der Waals surface area contributed by atoms with Gasteiger partial charge in [-0.1, -0.05) is 5.21 Å². The molecule has 0 saturated carbocycles. The van der Waals surface area contributed by atoms with Crippen molar-refractivity contribution < 1.29 is 4.39 Å². The number of aromatic nitrogens is 3. The lowest BCUT2D eigenvalue weighted by Crippen LogP contribution is -1.93. The van der Waals surface area contributed by atoms with Crippen molar-refractivity contribution in [3.05, 3.63) is 35.3 Å². The molecule has 16 heavy (non-hydrogen) atoms. The number of halogens is 1. The first kappa shape index (κ1) is 10.3. The van der Waals surface area contributed by atoms with Crippen molar-refractivity contribution in [3.63, 3.8) is 0 Å². The molecule has 1 aromatic carbocycles. The SMILES string of the molecule is Cc1c(-c2ccc(F)c(C#N)c2)nnn1C.